The van der Waals surface area contributed by atoms with Gasteiger partial charge in [0.25, 0.3) is 0 Å². The molecule has 45 heavy (non-hydrogen) atoms. The van der Waals surface area contributed by atoms with Gasteiger partial charge < -0.3 is 9.47 Å². The third-order valence-corrected chi connectivity index (χ3v) is 10.3. The first kappa shape index (κ1) is 37.8. The Morgan fingerprint density at radius 3 is 1.53 bits per heavy atom. The van der Waals surface area contributed by atoms with E-state index in [-0.39, 0.29) is 25.0 Å². The molecule has 2 saturated carbocycles. The Hall–Kier alpha value is -1.69. The zero-order valence-electron chi connectivity index (χ0n) is 28.0. The molecular weight excluding hydrogens is 594 g/mol. The second kappa shape index (κ2) is 21.2. The van der Waals surface area contributed by atoms with Gasteiger partial charge in [-0.25, -0.2) is 18.4 Å². The maximum Gasteiger partial charge on any atom is 0.340 e. The van der Waals surface area contributed by atoms with Gasteiger partial charge in [-0.15, -0.1) is 0 Å². The second-order valence-corrected chi connectivity index (χ2v) is 14.1. The average molecular weight is 653 g/mol. The first-order chi connectivity index (χ1) is 21.8. The van der Waals surface area contributed by atoms with Crippen LogP contribution < -0.4 is 0 Å². The SMILES string of the molecule is CCCCCCCC[C@H](F)C(=O)OC1CCC(c2ccc(C3CCC(OC(=O)[C@@H](F)CCCCCCCC)CC3)c(Cl)c2)CC1. The van der Waals surface area contributed by atoms with Crippen molar-refractivity contribution in [2.45, 2.75) is 191 Å². The van der Waals surface area contributed by atoms with Crippen molar-refractivity contribution in [2.24, 2.45) is 0 Å². The minimum absolute atomic E-state index is 0.209. The van der Waals surface area contributed by atoms with Gasteiger partial charge in [-0.3, -0.25) is 0 Å². The van der Waals surface area contributed by atoms with E-state index in [4.69, 9.17) is 21.1 Å². The Bertz CT molecular complexity index is 988. The van der Waals surface area contributed by atoms with Crippen LogP contribution in [0.4, 0.5) is 8.78 Å². The number of hydrogen-bond donors (Lipinski definition) is 0. The van der Waals surface area contributed by atoms with Crippen molar-refractivity contribution in [2.75, 3.05) is 0 Å². The Labute approximate surface area is 276 Å². The number of esters is 2. The molecule has 2 aliphatic rings. The molecule has 0 N–H and O–H groups in total. The number of hydrogen-bond acceptors (Lipinski definition) is 4. The molecule has 0 aliphatic heterocycles. The number of ether oxygens (including phenoxy) is 2. The number of alkyl halides is 2. The van der Waals surface area contributed by atoms with E-state index in [0.29, 0.717) is 11.8 Å². The molecule has 2 atom stereocenters. The van der Waals surface area contributed by atoms with E-state index < -0.39 is 24.3 Å². The minimum atomic E-state index is -1.52. The molecule has 0 saturated heterocycles. The van der Waals surface area contributed by atoms with E-state index in [2.05, 4.69) is 32.0 Å². The van der Waals surface area contributed by atoms with E-state index in [0.717, 1.165) is 100 Å². The molecule has 0 unspecified atom stereocenters. The van der Waals surface area contributed by atoms with E-state index in [9.17, 15) is 18.4 Å². The summed E-state index contributed by atoms with van der Waals surface area (Å²) in [4.78, 5) is 24.6. The molecule has 7 heteroatoms. The van der Waals surface area contributed by atoms with E-state index in [1.54, 1.807) is 0 Å². The maximum absolute atomic E-state index is 14.4. The lowest BCUT2D eigenvalue weighted by Crippen LogP contribution is -2.28. The number of halogens is 3. The first-order valence-electron chi connectivity index (χ1n) is 18.3. The van der Waals surface area contributed by atoms with Gasteiger partial charge in [0, 0.05) is 5.02 Å². The van der Waals surface area contributed by atoms with E-state index in [1.165, 1.54) is 44.1 Å². The highest BCUT2D eigenvalue weighted by molar-refractivity contribution is 6.31. The largest absolute Gasteiger partial charge is 0.460 e. The molecule has 256 valence electrons. The Balaban J connectivity index is 1.34. The highest BCUT2D eigenvalue weighted by Gasteiger charge is 2.31. The number of rotatable bonds is 20. The van der Waals surface area contributed by atoms with Gasteiger partial charge >= 0.3 is 11.9 Å². The third kappa shape index (κ3) is 13.5. The van der Waals surface area contributed by atoms with Crippen LogP contribution in [0.2, 0.25) is 5.02 Å². The Morgan fingerprint density at radius 2 is 1.09 bits per heavy atom. The van der Waals surface area contributed by atoms with Gasteiger partial charge in [-0.2, -0.15) is 0 Å². The van der Waals surface area contributed by atoms with Crippen LogP contribution in [-0.2, 0) is 19.1 Å². The van der Waals surface area contributed by atoms with Crippen LogP contribution in [0.5, 0.6) is 0 Å². The van der Waals surface area contributed by atoms with Crippen molar-refractivity contribution in [3.8, 4) is 0 Å². The van der Waals surface area contributed by atoms with Crippen LogP contribution in [0.1, 0.15) is 178 Å². The maximum atomic E-state index is 14.4. The summed E-state index contributed by atoms with van der Waals surface area (Å²) >= 11 is 6.80. The normalized spacial score (nSPS) is 23.3. The third-order valence-electron chi connectivity index (χ3n) is 9.98. The highest BCUT2D eigenvalue weighted by atomic mass is 35.5. The lowest BCUT2D eigenvalue weighted by molar-refractivity contribution is -0.157. The summed E-state index contributed by atoms with van der Waals surface area (Å²) in [6.07, 6.45) is 16.2. The molecule has 0 bridgehead atoms. The van der Waals surface area contributed by atoms with Crippen molar-refractivity contribution < 1.29 is 27.8 Å². The highest BCUT2D eigenvalue weighted by Crippen LogP contribution is 2.41. The molecule has 2 fully saturated rings. The fourth-order valence-corrected chi connectivity index (χ4v) is 7.40. The van der Waals surface area contributed by atoms with Crippen LogP contribution >= 0.6 is 11.6 Å². The smallest absolute Gasteiger partial charge is 0.340 e. The predicted molar refractivity (Wildman–Crippen MR) is 179 cm³/mol. The quantitative estimate of drug-likeness (QED) is 0.104. The molecule has 1 aromatic carbocycles. The average Bonchev–Trinajstić information content (AvgIpc) is 3.04. The summed E-state index contributed by atoms with van der Waals surface area (Å²) in [5, 5.41) is 0.763. The first-order valence-corrected chi connectivity index (χ1v) is 18.7. The van der Waals surface area contributed by atoms with Crippen molar-refractivity contribution in [1.82, 2.24) is 0 Å². The van der Waals surface area contributed by atoms with E-state index in [1.807, 2.05) is 0 Å². The fraction of sp³-hybridized carbons (Fsp3) is 0.789. The summed E-state index contributed by atoms with van der Waals surface area (Å²) < 4.78 is 39.8. The van der Waals surface area contributed by atoms with Crippen molar-refractivity contribution >= 4 is 23.5 Å². The Kier molecular flexibility index (Phi) is 17.8. The molecule has 0 aromatic heterocycles. The number of benzene rings is 1. The van der Waals surface area contributed by atoms with Gasteiger partial charge in [0.2, 0.25) is 0 Å². The fourth-order valence-electron chi connectivity index (χ4n) is 7.05. The second-order valence-electron chi connectivity index (χ2n) is 13.6. The molecule has 0 heterocycles. The van der Waals surface area contributed by atoms with Crippen LogP contribution in [0.15, 0.2) is 18.2 Å². The summed E-state index contributed by atoms with van der Waals surface area (Å²) in [7, 11) is 0. The summed E-state index contributed by atoms with van der Waals surface area (Å²) in [6, 6.07) is 6.38. The molecular formula is C38H59ClF2O4. The van der Waals surface area contributed by atoms with Crippen molar-refractivity contribution in [3.63, 3.8) is 0 Å². The molecule has 0 spiro atoms. The molecule has 4 nitrogen and oxygen atoms in total. The zero-order chi connectivity index (χ0) is 32.4. The molecule has 0 amide bonds. The van der Waals surface area contributed by atoms with Crippen LogP contribution in [0.3, 0.4) is 0 Å². The van der Waals surface area contributed by atoms with Crippen LogP contribution in [0, 0.1) is 0 Å². The monoisotopic (exact) mass is 652 g/mol. The summed E-state index contributed by atoms with van der Waals surface area (Å²) in [5.41, 5.74) is 2.32. The number of carbonyl (C=O) groups is 2. The van der Waals surface area contributed by atoms with Crippen LogP contribution in [0.25, 0.3) is 0 Å². The summed E-state index contributed by atoms with van der Waals surface area (Å²) in [5.74, 6) is -0.750. The van der Waals surface area contributed by atoms with E-state index >= 15 is 0 Å². The molecule has 0 radical (unpaired) electrons. The number of unbranched alkanes of at least 4 members (excludes halogenated alkanes) is 10. The van der Waals surface area contributed by atoms with Gasteiger partial charge in [0.1, 0.15) is 12.2 Å². The molecule has 2 aliphatic carbocycles. The molecule has 1 aromatic rings. The standard InChI is InChI=1S/C38H59ClF2O4/c1-3-5-7-9-11-13-15-35(40)37(42)44-31-22-17-28(18-23-31)30-21-26-33(34(39)27-30)29-19-24-32(25-20-29)45-38(43)36(41)16-14-12-10-8-6-4-2/h21,26-29,31-32,35-36H,3-20,22-25H2,1-2H3/t28?,29?,31?,32?,35-,36-/m0/s1. The van der Waals surface area contributed by atoms with Crippen molar-refractivity contribution in [1.29, 1.82) is 0 Å². The zero-order valence-corrected chi connectivity index (χ0v) is 28.8. The Morgan fingerprint density at radius 1 is 0.667 bits per heavy atom. The minimum Gasteiger partial charge on any atom is -0.460 e. The van der Waals surface area contributed by atoms with Crippen molar-refractivity contribution in [3.05, 3.63) is 34.3 Å². The lowest BCUT2D eigenvalue weighted by Gasteiger charge is -2.31. The van der Waals surface area contributed by atoms with Gasteiger partial charge in [0.15, 0.2) is 12.3 Å². The van der Waals surface area contributed by atoms with Gasteiger partial charge in [-0.1, -0.05) is 102 Å². The predicted octanol–water partition coefficient (Wildman–Crippen LogP) is 11.7. The number of carbonyl (C=O) groups excluding carboxylic acids is 2. The van der Waals surface area contributed by atoms with Gasteiger partial charge in [0.05, 0.1) is 0 Å². The van der Waals surface area contributed by atoms with Crippen LogP contribution in [-0.4, -0.2) is 36.5 Å². The summed E-state index contributed by atoms with van der Waals surface area (Å²) in [6.45, 7) is 4.34. The lowest BCUT2D eigenvalue weighted by atomic mass is 9.80. The topological polar surface area (TPSA) is 52.6 Å². The molecule has 3 rings (SSSR count). The van der Waals surface area contributed by atoms with Gasteiger partial charge in [-0.05, 0) is 106 Å².